The Balaban J connectivity index is 1.84. The molecule has 1 heterocycles. The summed E-state index contributed by atoms with van der Waals surface area (Å²) in [6.07, 6.45) is 3.03. The number of aliphatic carboxylic acids is 1. The third kappa shape index (κ3) is 3.00. The number of carbonyl (C=O) groups excluding carboxylic acids is 1. The highest BCUT2D eigenvalue weighted by Gasteiger charge is 2.46. The van der Waals surface area contributed by atoms with E-state index >= 15 is 0 Å². The highest BCUT2D eigenvalue weighted by molar-refractivity contribution is 5.87. The average Bonchev–Trinajstić information content (AvgIpc) is 2.68. The van der Waals surface area contributed by atoms with Crippen LogP contribution in [-0.4, -0.2) is 66.2 Å². The van der Waals surface area contributed by atoms with Crippen molar-refractivity contribution in [3.05, 3.63) is 0 Å². The lowest BCUT2D eigenvalue weighted by Gasteiger charge is -2.39. The van der Waals surface area contributed by atoms with E-state index in [4.69, 9.17) is 0 Å². The van der Waals surface area contributed by atoms with Crippen LogP contribution in [0.5, 0.6) is 0 Å². The van der Waals surface area contributed by atoms with Crippen molar-refractivity contribution in [3.8, 4) is 0 Å². The van der Waals surface area contributed by atoms with Crippen LogP contribution in [0, 0.1) is 5.92 Å². The Kier molecular flexibility index (Phi) is 3.99. The number of hydrogen-bond acceptors (Lipinski definition) is 3. The van der Waals surface area contributed by atoms with Crippen molar-refractivity contribution in [1.82, 2.24) is 15.1 Å². The van der Waals surface area contributed by atoms with Gasteiger partial charge >= 0.3 is 12.0 Å². The van der Waals surface area contributed by atoms with Crippen molar-refractivity contribution >= 4 is 12.0 Å². The van der Waals surface area contributed by atoms with E-state index in [9.17, 15) is 14.7 Å². The smallest absolute Gasteiger partial charge is 0.329 e. The lowest BCUT2D eigenvalue weighted by atomic mass is 9.77. The first kappa shape index (κ1) is 14.1. The topological polar surface area (TPSA) is 72.9 Å². The second-order valence-electron chi connectivity index (χ2n) is 5.97. The summed E-state index contributed by atoms with van der Waals surface area (Å²) >= 11 is 0. The molecular formula is C13H23N3O3. The largest absolute Gasteiger partial charge is 0.480 e. The van der Waals surface area contributed by atoms with Crippen LogP contribution in [0.2, 0.25) is 0 Å². The summed E-state index contributed by atoms with van der Waals surface area (Å²) in [6, 6.07) is -0.267. The molecule has 0 aromatic carbocycles. The fraction of sp³-hybridized carbons (Fsp3) is 0.846. The monoisotopic (exact) mass is 269 g/mol. The van der Waals surface area contributed by atoms with Crippen LogP contribution in [0.25, 0.3) is 0 Å². The molecule has 2 amide bonds. The van der Waals surface area contributed by atoms with Crippen LogP contribution < -0.4 is 5.32 Å². The van der Waals surface area contributed by atoms with Gasteiger partial charge in [-0.15, -0.1) is 0 Å². The Bertz CT molecular complexity index is 368. The summed E-state index contributed by atoms with van der Waals surface area (Å²) in [4.78, 5) is 27.1. The second-order valence-corrected chi connectivity index (χ2v) is 5.97. The molecule has 0 bridgehead atoms. The fourth-order valence-electron chi connectivity index (χ4n) is 2.87. The molecule has 0 aromatic rings. The summed E-state index contributed by atoms with van der Waals surface area (Å²) < 4.78 is 0. The molecule has 0 spiro atoms. The third-order valence-electron chi connectivity index (χ3n) is 4.33. The number of carboxylic acids is 1. The van der Waals surface area contributed by atoms with Gasteiger partial charge < -0.3 is 20.2 Å². The van der Waals surface area contributed by atoms with Crippen molar-refractivity contribution in [2.45, 2.75) is 31.2 Å². The standard InChI is InChI=1S/C13H23N3O3/c1-15-7-4-10(8-15)9-16(2)12(19)14-13(11(17)18)5-3-6-13/h10H,3-9H2,1-2H3,(H,14,19)(H,17,18). The van der Waals surface area contributed by atoms with Gasteiger partial charge in [-0.25, -0.2) is 9.59 Å². The van der Waals surface area contributed by atoms with Crippen molar-refractivity contribution in [2.75, 3.05) is 33.7 Å². The normalized spacial score (nSPS) is 25.7. The average molecular weight is 269 g/mol. The van der Waals surface area contributed by atoms with Gasteiger partial charge in [0.2, 0.25) is 0 Å². The number of carboxylic acid groups (broad SMARTS) is 1. The molecule has 1 atom stereocenters. The van der Waals surface area contributed by atoms with E-state index in [0.29, 0.717) is 25.3 Å². The number of hydrogen-bond donors (Lipinski definition) is 2. The van der Waals surface area contributed by atoms with Gasteiger partial charge in [-0.1, -0.05) is 0 Å². The van der Waals surface area contributed by atoms with E-state index in [0.717, 1.165) is 25.9 Å². The van der Waals surface area contributed by atoms with Crippen molar-refractivity contribution in [3.63, 3.8) is 0 Å². The first-order valence-electron chi connectivity index (χ1n) is 6.88. The molecule has 1 saturated carbocycles. The molecule has 6 nitrogen and oxygen atoms in total. The number of nitrogens with zero attached hydrogens (tertiary/aromatic N) is 2. The number of nitrogens with one attached hydrogen (secondary N) is 1. The molecule has 6 heteroatoms. The molecule has 2 fully saturated rings. The van der Waals surface area contributed by atoms with Gasteiger partial charge in [0, 0.05) is 20.1 Å². The Labute approximate surface area is 113 Å². The van der Waals surface area contributed by atoms with Gasteiger partial charge in [0.15, 0.2) is 0 Å². The van der Waals surface area contributed by atoms with Gasteiger partial charge in [0.25, 0.3) is 0 Å². The third-order valence-corrected chi connectivity index (χ3v) is 4.33. The minimum atomic E-state index is -1.02. The summed E-state index contributed by atoms with van der Waals surface area (Å²) in [7, 11) is 3.82. The zero-order valence-corrected chi connectivity index (χ0v) is 11.7. The summed E-state index contributed by atoms with van der Waals surface area (Å²) in [5, 5.41) is 11.9. The Hall–Kier alpha value is -1.30. The number of likely N-dealkylation sites (tertiary alicyclic amines) is 1. The quantitative estimate of drug-likeness (QED) is 0.783. The molecule has 19 heavy (non-hydrogen) atoms. The molecule has 2 rings (SSSR count). The van der Waals surface area contributed by atoms with Crippen LogP contribution in [0.1, 0.15) is 25.7 Å². The minimum absolute atomic E-state index is 0.267. The second kappa shape index (κ2) is 5.36. The van der Waals surface area contributed by atoms with Gasteiger partial charge in [0.1, 0.15) is 5.54 Å². The highest BCUT2D eigenvalue weighted by atomic mass is 16.4. The predicted molar refractivity (Wildman–Crippen MR) is 71.0 cm³/mol. The van der Waals surface area contributed by atoms with Gasteiger partial charge in [0.05, 0.1) is 0 Å². The number of urea groups is 1. The fourth-order valence-corrected chi connectivity index (χ4v) is 2.87. The molecule has 1 unspecified atom stereocenters. The Morgan fingerprint density at radius 3 is 2.58 bits per heavy atom. The maximum absolute atomic E-state index is 12.1. The van der Waals surface area contributed by atoms with E-state index < -0.39 is 11.5 Å². The van der Waals surface area contributed by atoms with E-state index in [1.807, 2.05) is 0 Å². The predicted octanol–water partition coefficient (Wildman–Crippen LogP) is 0.587. The van der Waals surface area contributed by atoms with E-state index in [1.165, 1.54) is 0 Å². The highest BCUT2D eigenvalue weighted by Crippen LogP contribution is 2.32. The van der Waals surface area contributed by atoms with E-state index in [1.54, 1.807) is 11.9 Å². The number of carbonyl (C=O) groups is 2. The molecular weight excluding hydrogens is 246 g/mol. The SMILES string of the molecule is CN1CCC(CN(C)C(=O)NC2(C(=O)O)CCC2)C1. The van der Waals surface area contributed by atoms with Gasteiger partial charge in [-0.2, -0.15) is 0 Å². The Morgan fingerprint density at radius 2 is 2.16 bits per heavy atom. The maximum atomic E-state index is 12.1. The number of amides is 2. The molecule has 1 aliphatic carbocycles. The van der Waals surface area contributed by atoms with Crippen LogP contribution >= 0.6 is 0 Å². The maximum Gasteiger partial charge on any atom is 0.329 e. The van der Waals surface area contributed by atoms with Crippen LogP contribution in [0.15, 0.2) is 0 Å². The lowest BCUT2D eigenvalue weighted by molar-refractivity contribution is -0.148. The number of rotatable bonds is 4. The Morgan fingerprint density at radius 1 is 1.47 bits per heavy atom. The minimum Gasteiger partial charge on any atom is -0.480 e. The zero-order chi connectivity index (χ0) is 14.0. The van der Waals surface area contributed by atoms with Crippen LogP contribution in [0.4, 0.5) is 4.79 Å². The molecule has 1 aliphatic heterocycles. The summed E-state index contributed by atoms with van der Waals surface area (Å²) in [5.74, 6) is -0.427. The molecule has 0 aromatic heterocycles. The van der Waals surface area contributed by atoms with Crippen LogP contribution in [0.3, 0.4) is 0 Å². The molecule has 1 saturated heterocycles. The molecule has 108 valence electrons. The van der Waals surface area contributed by atoms with Crippen molar-refractivity contribution < 1.29 is 14.7 Å². The van der Waals surface area contributed by atoms with Crippen LogP contribution in [-0.2, 0) is 4.79 Å². The van der Waals surface area contributed by atoms with Crippen molar-refractivity contribution in [2.24, 2.45) is 5.92 Å². The summed E-state index contributed by atoms with van der Waals surface area (Å²) in [5.41, 5.74) is -1.02. The zero-order valence-electron chi connectivity index (χ0n) is 11.7. The van der Waals surface area contributed by atoms with Gasteiger partial charge in [-0.3, -0.25) is 0 Å². The first-order valence-corrected chi connectivity index (χ1v) is 6.88. The molecule has 2 aliphatic rings. The molecule has 0 radical (unpaired) electrons. The van der Waals surface area contributed by atoms with E-state index in [-0.39, 0.29) is 6.03 Å². The lowest BCUT2D eigenvalue weighted by Crippen LogP contribution is -2.61. The van der Waals surface area contributed by atoms with Crippen molar-refractivity contribution in [1.29, 1.82) is 0 Å². The first-order chi connectivity index (χ1) is 8.93. The molecule has 2 N–H and O–H groups in total. The van der Waals surface area contributed by atoms with E-state index in [2.05, 4.69) is 17.3 Å². The van der Waals surface area contributed by atoms with Gasteiger partial charge in [-0.05, 0) is 45.2 Å². The summed E-state index contributed by atoms with van der Waals surface area (Å²) in [6.45, 7) is 2.76.